The number of nitrogen functional groups attached to an aromatic ring is 1. The molecule has 0 amide bonds. The van der Waals surface area contributed by atoms with Crippen molar-refractivity contribution in [3.63, 3.8) is 0 Å². The van der Waals surface area contributed by atoms with Crippen LogP contribution in [0.15, 0.2) is 10.5 Å². The van der Waals surface area contributed by atoms with Gasteiger partial charge in [-0.05, 0) is 38.5 Å². The van der Waals surface area contributed by atoms with Crippen molar-refractivity contribution >= 4 is 44.2 Å². The monoisotopic (exact) mass is 333 g/mol. The number of hydrogen-bond acceptors (Lipinski definition) is 1. The first-order valence-corrected chi connectivity index (χ1v) is 4.49. The molecule has 5 heteroatoms. The summed E-state index contributed by atoms with van der Waals surface area (Å²) in [5.74, 6) is -1.13. The first-order valence-electron chi connectivity index (χ1n) is 2.62. The van der Waals surface area contributed by atoms with Crippen LogP contribution in [0.25, 0.3) is 0 Å². The molecule has 11 heavy (non-hydrogen) atoms. The van der Waals surface area contributed by atoms with Gasteiger partial charge in [-0.2, -0.15) is 0 Å². The summed E-state index contributed by atoms with van der Waals surface area (Å²) in [4.78, 5) is 0. The number of benzene rings is 1. The molecule has 0 aliphatic rings. The number of anilines is 1. The molecular weight excluding hydrogens is 331 g/mol. The molecule has 0 aromatic heterocycles. The molecule has 0 aliphatic heterocycles. The molecule has 0 saturated heterocycles. The Balaban J connectivity index is 3.46. The predicted octanol–water partition coefficient (Wildman–Crippen LogP) is 2.91. The highest BCUT2D eigenvalue weighted by molar-refractivity contribution is 14.1. The van der Waals surface area contributed by atoms with Crippen molar-refractivity contribution in [3.05, 3.63) is 25.7 Å². The van der Waals surface area contributed by atoms with Crippen molar-refractivity contribution < 1.29 is 8.78 Å². The van der Waals surface area contributed by atoms with E-state index in [0.717, 1.165) is 6.07 Å². The van der Waals surface area contributed by atoms with Crippen molar-refractivity contribution in [2.24, 2.45) is 0 Å². The van der Waals surface area contributed by atoms with E-state index in [1.54, 1.807) is 22.6 Å². The second-order valence-electron chi connectivity index (χ2n) is 1.89. The van der Waals surface area contributed by atoms with Crippen molar-refractivity contribution in [1.29, 1.82) is 0 Å². The molecule has 1 rings (SSSR count). The Morgan fingerprint density at radius 2 is 2.00 bits per heavy atom. The van der Waals surface area contributed by atoms with Crippen LogP contribution >= 0.6 is 38.5 Å². The van der Waals surface area contributed by atoms with Crippen LogP contribution in [-0.4, -0.2) is 0 Å². The lowest BCUT2D eigenvalue weighted by Gasteiger charge is -2.02. The Labute approximate surface area is 84.2 Å². The Bertz CT molecular complexity index is 277. The predicted molar refractivity (Wildman–Crippen MR) is 51.2 cm³/mol. The Hall–Kier alpha value is 0.0900. The quantitative estimate of drug-likeness (QED) is 0.336. The number of rotatable bonds is 0. The van der Waals surface area contributed by atoms with Gasteiger partial charge >= 0.3 is 0 Å². The van der Waals surface area contributed by atoms with E-state index in [1.165, 1.54) is 0 Å². The molecule has 0 atom stereocenters. The summed E-state index contributed by atoms with van der Waals surface area (Å²) in [6.07, 6.45) is 0. The summed E-state index contributed by atoms with van der Waals surface area (Å²) in [6, 6.07) is 0.960. The highest BCUT2D eigenvalue weighted by Crippen LogP contribution is 2.28. The normalized spacial score (nSPS) is 10.2. The highest BCUT2D eigenvalue weighted by Gasteiger charge is 2.12. The van der Waals surface area contributed by atoms with Crippen molar-refractivity contribution in [2.45, 2.75) is 0 Å². The van der Waals surface area contributed by atoms with Crippen LogP contribution in [0.1, 0.15) is 0 Å². The van der Waals surface area contributed by atoms with Gasteiger partial charge in [0.25, 0.3) is 0 Å². The van der Waals surface area contributed by atoms with E-state index in [1.807, 2.05) is 0 Å². The van der Waals surface area contributed by atoms with Crippen molar-refractivity contribution in [3.8, 4) is 0 Å². The third kappa shape index (κ3) is 1.64. The van der Waals surface area contributed by atoms with Gasteiger partial charge in [-0.15, -0.1) is 0 Å². The van der Waals surface area contributed by atoms with Gasteiger partial charge in [0.15, 0.2) is 5.82 Å². The second kappa shape index (κ2) is 3.22. The van der Waals surface area contributed by atoms with Gasteiger partial charge < -0.3 is 5.73 Å². The fourth-order valence-corrected chi connectivity index (χ4v) is 1.40. The number of halogens is 4. The molecule has 0 saturated carbocycles. The van der Waals surface area contributed by atoms with Gasteiger partial charge in [0.05, 0.1) is 13.7 Å². The van der Waals surface area contributed by atoms with Crippen LogP contribution in [0, 0.1) is 15.2 Å². The van der Waals surface area contributed by atoms with Crippen LogP contribution in [0.5, 0.6) is 0 Å². The van der Waals surface area contributed by atoms with Gasteiger partial charge in [-0.3, -0.25) is 0 Å². The summed E-state index contributed by atoms with van der Waals surface area (Å²) >= 11 is 4.57. The highest BCUT2D eigenvalue weighted by atomic mass is 127. The van der Waals surface area contributed by atoms with Crippen LogP contribution in [-0.2, 0) is 0 Å². The van der Waals surface area contributed by atoms with Gasteiger partial charge in [-0.1, -0.05) is 0 Å². The first kappa shape index (κ1) is 9.18. The van der Waals surface area contributed by atoms with Crippen LogP contribution < -0.4 is 5.73 Å². The SMILES string of the molecule is Nc1cc(F)c(I)c(Br)c1F. The minimum Gasteiger partial charge on any atom is -0.396 e. The Morgan fingerprint density at radius 1 is 1.45 bits per heavy atom. The molecular formula is C6H3BrF2IN. The van der Waals surface area contributed by atoms with Crippen LogP contribution in [0.2, 0.25) is 0 Å². The van der Waals surface area contributed by atoms with E-state index < -0.39 is 11.6 Å². The number of hydrogen-bond donors (Lipinski definition) is 1. The van der Waals surface area contributed by atoms with E-state index in [0.29, 0.717) is 0 Å². The average Bonchev–Trinajstić information content (AvgIpc) is 1.97. The van der Waals surface area contributed by atoms with Crippen LogP contribution in [0.3, 0.4) is 0 Å². The molecule has 0 heterocycles. The molecule has 0 unspecified atom stereocenters. The second-order valence-corrected chi connectivity index (χ2v) is 3.76. The largest absolute Gasteiger partial charge is 0.396 e. The lowest BCUT2D eigenvalue weighted by molar-refractivity contribution is 0.592. The van der Waals surface area contributed by atoms with Crippen molar-refractivity contribution in [1.82, 2.24) is 0 Å². The summed E-state index contributed by atoms with van der Waals surface area (Å²) in [5, 5.41) is 0. The molecule has 1 aromatic rings. The Morgan fingerprint density at radius 3 is 2.55 bits per heavy atom. The molecule has 0 spiro atoms. The van der Waals surface area contributed by atoms with Gasteiger partial charge in [0, 0.05) is 6.07 Å². The number of nitrogens with two attached hydrogens (primary N) is 1. The summed E-state index contributed by atoms with van der Waals surface area (Å²) in [5.41, 5.74) is 4.96. The van der Waals surface area contributed by atoms with E-state index >= 15 is 0 Å². The zero-order chi connectivity index (χ0) is 8.59. The topological polar surface area (TPSA) is 26.0 Å². The summed E-state index contributed by atoms with van der Waals surface area (Å²) < 4.78 is 25.8. The lowest BCUT2D eigenvalue weighted by atomic mass is 10.3. The summed E-state index contributed by atoms with van der Waals surface area (Å²) in [6.45, 7) is 0. The van der Waals surface area contributed by atoms with E-state index in [2.05, 4.69) is 15.9 Å². The van der Waals surface area contributed by atoms with Gasteiger partial charge in [-0.25, -0.2) is 8.78 Å². The standard InChI is InChI=1S/C6H3BrF2IN/c7-4-5(9)3(11)1-2(8)6(4)10/h1H,11H2. The molecule has 0 fully saturated rings. The maximum Gasteiger partial charge on any atom is 0.161 e. The third-order valence-electron chi connectivity index (χ3n) is 1.13. The smallest absolute Gasteiger partial charge is 0.161 e. The summed E-state index contributed by atoms with van der Waals surface area (Å²) in [7, 11) is 0. The maximum atomic E-state index is 12.8. The maximum absolute atomic E-state index is 12.8. The van der Waals surface area contributed by atoms with E-state index in [4.69, 9.17) is 5.73 Å². The molecule has 60 valence electrons. The molecule has 1 aromatic carbocycles. The van der Waals surface area contributed by atoms with Crippen LogP contribution in [0.4, 0.5) is 14.5 Å². The molecule has 0 bridgehead atoms. The minimum atomic E-state index is -0.615. The minimum absolute atomic E-state index is 0.0793. The molecule has 0 aliphatic carbocycles. The average molecular weight is 334 g/mol. The molecule has 1 nitrogen and oxygen atoms in total. The van der Waals surface area contributed by atoms with Gasteiger partial charge in [0.1, 0.15) is 5.82 Å². The zero-order valence-corrected chi connectivity index (χ0v) is 8.91. The molecule has 0 radical (unpaired) electrons. The first-order chi connectivity index (χ1) is 5.04. The molecule has 2 N–H and O–H groups in total. The van der Waals surface area contributed by atoms with Gasteiger partial charge in [0.2, 0.25) is 0 Å². The fourth-order valence-electron chi connectivity index (χ4n) is 0.591. The Kier molecular flexibility index (Phi) is 2.69. The van der Waals surface area contributed by atoms with E-state index in [-0.39, 0.29) is 13.7 Å². The van der Waals surface area contributed by atoms with Crippen molar-refractivity contribution in [2.75, 3.05) is 5.73 Å². The third-order valence-corrected chi connectivity index (χ3v) is 3.67. The zero-order valence-electron chi connectivity index (χ0n) is 5.17. The lowest BCUT2D eigenvalue weighted by Crippen LogP contribution is -1.96. The van der Waals surface area contributed by atoms with E-state index in [9.17, 15) is 8.78 Å². The fraction of sp³-hybridized carbons (Fsp3) is 0.